The maximum Gasteiger partial charge on any atom is 0.243 e. The van der Waals surface area contributed by atoms with Gasteiger partial charge in [-0.15, -0.1) is 0 Å². The molecule has 2 fully saturated rings. The highest BCUT2D eigenvalue weighted by molar-refractivity contribution is 7.89. The number of hydrogen-bond donors (Lipinski definition) is 1. The molecule has 2 atom stereocenters. The third-order valence-electron chi connectivity index (χ3n) is 5.98. The maximum absolute atomic E-state index is 12.7. The second kappa shape index (κ2) is 8.31. The van der Waals surface area contributed by atoms with Crippen LogP contribution in [0, 0.1) is 11.8 Å². The van der Waals surface area contributed by atoms with Crippen LogP contribution in [0.25, 0.3) is 0 Å². The van der Waals surface area contributed by atoms with Crippen LogP contribution in [0.5, 0.6) is 0 Å². The summed E-state index contributed by atoms with van der Waals surface area (Å²) in [5.74, 6) is -1.41. The van der Waals surface area contributed by atoms with Gasteiger partial charge >= 0.3 is 0 Å². The molecule has 1 aromatic carbocycles. The number of hydrogen-bond acceptors (Lipinski definition) is 5. The van der Waals surface area contributed by atoms with Crippen LogP contribution in [0.2, 0.25) is 0 Å². The van der Waals surface area contributed by atoms with Gasteiger partial charge in [0.15, 0.2) is 0 Å². The minimum atomic E-state index is -3.57. The van der Waals surface area contributed by atoms with E-state index in [1.807, 2.05) is 12.2 Å². The summed E-state index contributed by atoms with van der Waals surface area (Å²) in [6.07, 6.45) is 6.64. The van der Waals surface area contributed by atoms with E-state index in [-0.39, 0.29) is 47.4 Å². The molecule has 4 rings (SSSR count). The van der Waals surface area contributed by atoms with E-state index in [4.69, 9.17) is 0 Å². The Bertz CT molecular complexity index is 972. The normalized spacial score (nSPS) is 24.3. The first kappa shape index (κ1) is 20.7. The van der Waals surface area contributed by atoms with Gasteiger partial charge in [0.05, 0.1) is 16.7 Å². The Morgan fingerprint density at radius 1 is 1.03 bits per heavy atom. The Balaban J connectivity index is 1.37. The molecular weight excluding hydrogens is 406 g/mol. The Morgan fingerprint density at radius 3 is 2.30 bits per heavy atom. The van der Waals surface area contributed by atoms with E-state index >= 15 is 0 Å². The summed E-state index contributed by atoms with van der Waals surface area (Å²) in [6, 6.07) is 6.16. The molecule has 0 saturated carbocycles. The number of fused-ring (bicyclic) bond motifs is 1. The van der Waals surface area contributed by atoms with Crippen LogP contribution >= 0.6 is 0 Å². The molecule has 0 bridgehead atoms. The fraction of sp³-hybridized carbons (Fsp3) is 0.476. The molecule has 1 N–H and O–H groups in total. The monoisotopic (exact) mass is 431 g/mol. The molecule has 160 valence electrons. The zero-order chi connectivity index (χ0) is 21.3. The van der Waals surface area contributed by atoms with E-state index in [1.54, 1.807) is 12.1 Å². The molecule has 1 aromatic rings. The summed E-state index contributed by atoms with van der Waals surface area (Å²) in [5, 5.41) is 2.68. The van der Waals surface area contributed by atoms with Crippen molar-refractivity contribution in [2.45, 2.75) is 37.0 Å². The lowest BCUT2D eigenvalue weighted by atomic mass is 9.85. The van der Waals surface area contributed by atoms with Gasteiger partial charge < -0.3 is 5.32 Å². The summed E-state index contributed by atoms with van der Waals surface area (Å²) in [7, 11) is -3.57. The first-order valence-electron chi connectivity index (χ1n) is 10.3. The number of amides is 3. The van der Waals surface area contributed by atoms with Crippen molar-refractivity contribution in [3.05, 3.63) is 36.4 Å². The van der Waals surface area contributed by atoms with Gasteiger partial charge in [-0.05, 0) is 43.9 Å². The van der Waals surface area contributed by atoms with E-state index in [1.165, 1.54) is 21.3 Å². The lowest BCUT2D eigenvalue weighted by Gasteiger charge is -2.17. The molecule has 2 heterocycles. The fourth-order valence-corrected chi connectivity index (χ4v) is 5.90. The number of anilines is 1. The summed E-state index contributed by atoms with van der Waals surface area (Å²) < 4.78 is 26.8. The van der Waals surface area contributed by atoms with Gasteiger partial charge in [-0.25, -0.2) is 8.42 Å². The van der Waals surface area contributed by atoms with Crippen molar-refractivity contribution >= 4 is 33.4 Å². The highest BCUT2D eigenvalue weighted by Crippen LogP contribution is 2.35. The van der Waals surface area contributed by atoms with Crippen LogP contribution in [0.15, 0.2) is 41.3 Å². The van der Waals surface area contributed by atoms with Crippen molar-refractivity contribution in [1.82, 2.24) is 9.21 Å². The first-order chi connectivity index (χ1) is 14.4. The molecule has 3 amide bonds. The molecule has 9 heteroatoms. The molecule has 2 aliphatic heterocycles. The second-order valence-corrected chi connectivity index (χ2v) is 9.86. The number of allylic oxidation sites excluding steroid dienone is 2. The lowest BCUT2D eigenvalue weighted by molar-refractivity contribution is -0.140. The molecule has 0 aromatic heterocycles. The van der Waals surface area contributed by atoms with Gasteiger partial charge in [-0.1, -0.05) is 18.2 Å². The number of nitrogens with one attached hydrogen (secondary N) is 1. The summed E-state index contributed by atoms with van der Waals surface area (Å²) in [4.78, 5) is 38.7. The van der Waals surface area contributed by atoms with Crippen LogP contribution in [0.1, 0.15) is 32.1 Å². The Labute approximate surface area is 176 Å². The molecule has 0 radical (unpaired) electrons. The molecule has 3 aliphatic rings. The van der Waals surface area contributed by atoms with Gasteiger partial charge in [-0.3, -0.25) is 19.3 Å². The Kier molecular flexibility index (Phi) is 5.75. The molecule has 30 heavy (non-hydrogen) atoms. The van der Waals surface area contributed by atoms with Crippen molar-refractivity contribution in [2.75, 3.05) is 25.0 Å². The van der Waals surface area contributed by atoms with Crippen molar-refractivity contribution in [3.8, 4) is 0 Å². The quantitative estimate of drug-likeness (QED) is 0.546. The Morgan fingerprint density at radius 2 is 1.67 bits per heavy atom. The van der Waals surface area contributed by atoms with E-state index in [2.05, 4.69) is 5.32 Å². The van der Waals surface area contributed by atoms with Gasteiger partial charge in [0.1, 0.15) is 0 Å². The zero-order valence-corrected chi connectivity index (χ0v) is 17.4. The fourth-order valence-electron chi connectivity index (χ4n) is 4.34. The number of benzene rings is 1. The maximum atomic E-state index is 12.7. The molecule has 1 aliphatic carbocycles. The minimum absolute atomic E-state index is 0.0300. The van der Waals surface area contributed by atoms with Crippen molar-refractivity contribution in [2.24, 2.45) is 11.8 Å². The zero-order valence-electron chi connectivity index (χ0n) is 16.6. The van der Waals surface area contributed by atoms with Crippen LogP contribution in [-0.4, -0.2) is 55.0 Å². The number of carbonyl (C=O) groups is 3. The molecule has 0 unspecified atom stereocenters. The van der Waals surface area contributed by atoms with Crippen LogP contribution in [0.4, 0.5) is 5.69 Å². The SMILES string of the molecule is O=C(CCN1C(=O)[C@H]2CC=CC[C@H]2C1=O)Nc1cccc(S(=O)(=O)N2CCCC2)c1. The number of imide groups is 1. The lowest BCUT2D eigenvalue weighted by Crippen LogP contribution is -2.34. The van der Waals surface area contributed by atoms with E-state index in [0.717, 1.165) is 12.8 Å². The average molecular weight is 432 g/mol. The predicted molar refractivity (Wildman–Crippen MR) is 110 cm³/mol. The number of sulfonamides is 1. The largest absolute Gasteiger partial charge is 0.326 e. The first-order valence-corrected chi connectivity index (χ1v) is 11.7. The standard InChI is InChI=1S/C21H25N3O5S/c25-19(10-13-24-20(26)17-8-1-2-9-18(17)21(24)27)22-15-6-5-7-16(14-15)30(28,29)23-11-3-4-12-23/h1-2,5-7,14,17-18H,3-4,8-13H2,(H,22,25)/t17-,18+. The predicted octanol–water partition coefficient (Wildman–Crippen LogP) is 1.75. The third-order valence-corrected chi connectivity index (χ3v) is 7.88. The van der Waals surface area contributed by atoms with Crippen LogP contribution < -0.4 is 5.32 Å². The third kappa shape index (κ3) is 3.91. The Hall–Kier alpha value is -2.52. The number of rotatable bonds is 6. The van der Waals surface area contributed by atoms with Gasteiger partial charge in [-0.2, -0.15) is 4.31 Å². The highest BCUT2D eigenvalue weighted by Gasteiger charge is 2.46. The van der Waals surface area contributed by atoms with E-state index in [0.29, 0.717) is 31.6 Å². The van der Waals surface area contributed by atoms with Crippen molar-refractivity contribution in [1.29, 1.82) is 0 Å². The van der Waals surface area contributed by atoms with Crippen LogP contribution in [-0.2, 0) is 24.4 Å². The molecule has 0 spiro atoms. The number of carbonyl (C=O) groups excluding carboxylic acids is 3. The molecular formula is C21H25N3O5S. The minimum Gasteiger partial charge on any atom is -0.326 e. The van der Waals surface area contributed by atoms with E-state index < -0.39 is 10.0 Å². The van der Waals surface area contributed by atoms with Crippen molar-refractivity contribution < 1.29 is 22.8 Å². The van der Waals surface area contributed by atoms with E-state index in [9.17, 15) is 22.8 Å². The van der Waals surface area contributed by atoms with Gasteiger partial charge in [0, 0.05) is 31.7 Å². The molecule has 2 saturated heterocycles. The van der Waals surface area contributed by atoms with Gasteiger partial charge in [0.2, 0.25) is 27.7 Å². The highest BCUT2D eigenvalue weighted by atomic mass is 32.2. The summed E-state index contributed by atoms with van der Waals surface area (Å²) in [5.41, 5.74) is 0.372. The molecule has 8 nitrogen and oxygen atoms in total. The summed E-state index contributed by atoms with van der Waals surface area (Å²) in [6.45, 7) is 1.05. The number of nitrogens with zero attached hydrogens (tertiary/aromatic N) is 2. The van der Waals surface area contributed by atoms with Crippen LogP contribution in [0.3, 0.4) is 0 Å². The number of likely N-dealkylation sites (tertiary alicyclic amines) is 1. The second-order valence-electron chi connectivity index (χ2n) is 7.92. The topological polar surface area (TPSA) is 104 Å². The summed E-state index contributed by atoms with van der Waals surface area (Å²) >= 11 is 0. The average Bonchev–Trinajstić information content (AvgIpc) is 3.36. The smallest absolute Gasteiger partial charge is 0.243 e. The van der Waals surface area contributed by atoms with Crippen molar-refractivity contribution in [3.63, 3.8) is 0 Å². The van der Waals surface area contributed by atoms with Gasteiger partial charge in [0.25, 0.3) is 0 Å².